The minimum absolute atomic E-state index is 0.144. The molecule has 4 nitrogen and oxygen atoms in total. The summed E-state index contributed by atoms with van der Waals surface area (Å²) in [4.78, 5) is -0.144. The van der Waals surface area contributed by atoms with Crippen LogP contribution in [-0.4, -0.2) is 26.3 Å². The van der Waals surface area contributed by atoms with E-state index in [1.807, 2.05) is 0 Å². The van der Waals surface area contributed by atoms with Gasteiger partial charge in [-0.25, -0.2) is 17.1 Å². The molecule has 0 atom stereocenters. The molecule has 0 radical (unpaired) electrons. The van der Waals surface area contributed by atoms with E-state index in [1.54, 1.807) is 0 Å². The topological polar surface area (TPSA) is 63.4 Å². The third kappa shape index (κ3) is 2.85. The molecule has 106 valence electrons. The average molecular weight is 307 g/mol. The van der Waals surface area contributed by atoms with Gasteiger partial charge in [0.1, 0.15) is 10.7 Å². The lowest BCUT2D eigenvalue weighted by Crippen LogP contribution is -2.34. The molecule has 7 heteroatoms. The smallest absolute Gasteiger partial charge is 0.244 e. The van der Waals surface area contributed by atoms with Crippen LogP contribution in [0.25, 0.3) is 0 Å². The Labute approximate surface area is 117 Å². The largest absolute Gasteiger partial charge is 0.396 e. The van der Waals surface area contributed by atoms with Crippen LogP contribution in [0.5, 0.6) is 0 Å². The van der Waals surface area contributed by atoms with Gasteiger partial charge in [0, 0.05) is 13.6 Å². The second-order valence-electron chi connectivity index (χ2n) is 4.89. The molecule has 0 heterocycles. The molecule has 1 saturated carbocycles. The molecule has 0 aromatic heterocycles. The van der Waals surface area contributed by atoms with Crippen molar-refractivity contribution < 1.29 is 12.8 Å². The van der Waals surface area contributed by atoms with Crippen LogP contribution < -0.4 is 5.73 Å². The Hall–Kier alpha value is -0.850. The fourth-order valence-corrected chi connectivity index (χ4v) is 3.81. The van der Waals surface area contributed by atoms with Crippen LogP contribution in [0.4, 0.5) is 10.1 Å². The fourth-order valence-electron chi connectivity index (χ4n) is 2.05. The van der Waals surface area contributed by atoms with Crippen LogP contribution in [0, 0.1) is 11.7 Å². The number of nitrogen functional groups attached to an aromatic ring is 1. The summed E-state index contributed by atoms with van der Waals surface area (Å²) in [5.74, 6) is -0.318. The van der Waals surface area contributed by atoms with Gasteiger partial charge in [0.15, 0.2) is 0 Å². The van der Waals surface area contributed by atoms with E-state index >= 15 is 0 Å². The third-order valence-electron chi connectivity index (χ3n) is 3.48. The standard InChI is InChI=1S/C12H16ClFN2O2S/c1-16(7-8-3-2-4-8)19(17,18)12-6-11(15)10(14)5-9(12)13/h5-6,8H,2-4,7,15H2,1H3. The Bertz CT molecular complexity index is 588. The SMILES string of the molecule is CN(CC1CCC1)S(=O)(=O)c1cc(N)c(F)cc1Cl. The molecule has 1 aromatic rings. The molecule has 1 aromatic carbocycles. The monoisotopic (exact) mass is 306 g/mol. The van der Waals surface area contributed by atoms with E-state index in [-0.39, 0.29) is 15.6 Å². The first-order chi connectivity index (χ1) is 8.82. The first-order valence-corrected chi connectivity index (χ1v) is 7.85. The second kappa shape index (κ2) is 5.26. The number of nitrogens with two attached hydrogens (primary N) is 1. The average Bonchev–Trinajstić information content (AvgIpc) is 2.27. The molecule has 0 saturated heterocycles. The molecular weight excluding hydrogens is 291 g/mol. The quantitative estimate of drug-likeness (QED) is 0.869. The molecule has 0 aliphatic heterocycles. The predicted molar refractivity (Wildman–Crippen MR) is 73.0 cm³/mol. The zero-order chi connectivity index (χ0) is 14.2. The van der Waals surface area contributed by atoms with Gasteiger partial charge in [0.2, 0.25) is 10.0 Å². The van der Waals surface area contributed by atoms with Gasteiger partial charge in [0.05, 0.1) is 10.7 Å². The zero-order valence-electron chi connectivity index (χ0n) is 10.6. The lowest BCUT2D eigenvalue weighted by Gasteiger charge is -2.29. The molecule has 1 aliphatic rings. The van der Waals surface area contributed by atoms with Crippen molar-refractivity contribution in [3.8, 4) is 0 Å². The van der Waals surface area contributed by atoms with Crippen molar-refractivity contribution in [3.05, 3.63) is 23.0 Å². The number of anilines is 1. The van der Waals surface area contributed by atoms with E-state index in [1.165, 1.54) is 11.4 Å². The molecule has 0 bridgehead atoms. The summed E-state index contributed by atoms with van der Waals surface area (Å²) in [5, 5.41) is -0.146. The highest BCUT2D eigenvalue weighted by Crippen LogP contribution is 2.31. The minimum Gasteiger partial charge on any atom is -0.396 e. The van der Waals surface area contributed by atoms with Gasteiger partial charge in [0.25, 0.3) is 0 Å². The molecule has 2 N–H and O–H groups in total. The van der Waals surface area contributed by atoms with E-state index in [0.717, 1.165) is 31.4 Å². The van der Waals surface area contributed by atoms with Gasteiger partial charge >= 0.3 is 0 Å². The minimum atomic E-state index is -3.73. The van der Waals surface area contributed by atoms with Crippen molar-refractivity contribution in [2.24, 2.45) is 5.92 Å². The lowest BCUT2D eigenvalue weighted by molar-refractivity contribution is 0.263. The summed E-state index contributed by atoms with van der Waals surface area (Å²) in [6.45, 7) is 0.454. The summed E-state index contributed by atoms with van der Waals surface area (Å²) in [6, 6.07) is 2.01. The number of hydrogen-bond acceptors (Lipinski definition) is 3. The van der Waals surface area contributed by atoms with Crippen LogP contribution >= 0.6 is 11.6 Å². The Morgan fingerprint density at radius 2 is 2.11 bits per heavy atom. The third-order valence-corrected chi connectivity index (χ3v) is 5.77. The highest BCUT2D eigenvalue weighted by Gasteiger charge is 2.28. The van der Waals surface area contributed by atoms with Crippen LogP contribution in [0.3, 0.4) is 0 Å². The van der Waals surface area contributed by atoms with Gasteiger partial charge in [-0.3, -0.25) is 0 Å². The highest BCUT2D eigenvalue weighted by molar-refractivity contribution is 7.89. The van der Waals surface area contributed by atoms with Crippen LogP contribution in [0.2, 0.25) is 5.02 Å². The van der Waals surface area contributed by atoms with Crippen molar-refractivity contribution in [2.45, 2.75) is 24.2 Å². The number of sulfonamides is 1. The van der Waals surface area contributed by atoms with Crippen molar-refractivity contribution >= 4 is 27.3 Å². The Morgan fingerprint density at radius 3 is 2.63 bits per heavy atom. The molecule has 1 aliphatic carbocycles. The Kier molecular flexibility index (Phi) is 4.03. The number of benzene rings is 1. The van der Waals surface area contributed by atoms with Gasteiger partial charge in [-0.05, 0) is 30.9 Å². The molecule has 2 rings (SSSR count). The lowest BCUT2D eigenvalue weighted by atomic mass is 9.86. The number of rotatable bonds is 4. The van der Waals surface area contributed by atoms with Crippen LogP contribution in [-0.2, 0) is 10.0 Å². The van der Waals surface area contributed by atoms with Gasteiger partial charge < -0.3 is 5.73 Å². The summed E-state index contributed by atoms with van der Waals surface area (Å²) in [5.41, 5.74) is 5.19. The first-order valence-electron chi connectivity index (χ1n) is 6.03. The maximum atomic E-state index is 13.2. The molecule has 1 fully saturated rings. The summed E-state index contributed by atoms with van der Waals surface area (Å²) < 4.78 is 39.2. The van der Waals surface area contributed by atoms with Crippen molar-refractivity contribution in [1.82, 2.24) is 4.31 Å². The highest BCUT2D eigenvalue weighted by atomic mass is 35.5. The number of nitrogens with zero attached hydrogens (tertiary/aromatic N) is 1. The van der Waals surface area contributed by atoms with Gasteiger partial charge in [-0.15, -0.1) is 0 Å². The van der Waals surface area contributed by atoms with Crippen LogP contribution in [0.1, 0.15) is 19.3 Å². The van der Waals surface area contributed by atoms with Gasteiger partial charge in [-0.2, -0.15) is 0 Å². The summed E-state index contributed by atoms with van der Waals surface area (Å²) >= 11 is 5.81. The van der Waals surface area contributed by atoms with Gasteiger partial charge in [-0.1, -0.05) is 18.0 Å². The zero-order valence-corrected chi connectivity index (χ0v) is 12.1. The van der Waals surface area contributed by atoms with E-state index in [4.69, 9.17) is 17.3 Å². The van der Waals surface area contributed by atoms with Crippen molar-refractivity contribution in [3.63, 3.8) is 0 Å². The molecule has 0 amide bonds. The predicted octanol–water partition coefficient (Wildman–Crippen LogP) is 2.48. The fraction of sp³-hybridized carbons (Fsp3) is 0.500. The van der Waals surface area contributed by atoms with E-state index < -0.39 is 15.8 Å². The normalized spacial score (nSPS) is 16.6. The molecule has 19 heavy (non-hydrogen) atoms. The van der Waals surface area contributed by atoms with E-state index in [9.17, 15) is 12.8 Å². The second-order valence-corrected chi connectivity index (χ2v) is 7.31. The van der Waals surface area contributed by atoms with E-state index in [2.05, 4.69) is 0 Å². The van der Waals surface area contributed by atoms with Crippen molar-refractivity contribution in [1.29, 1.82) is 0 Å². The molecule has 0 unspecified atom stereocenters. The maximum Gasteiger partial charge on any atom is 0.244 e. The first kappa shape index (κ1) is 14.6. The Balaban J connectivity index is 2.30. The van der Waals surface area contributed by atoms with Crippen LogP contribution in [0.15, 0.2) is 17.0 Å². The number of hydrogen-bond donors (Lipinski definition) is 1. The summed E-state index contributed by atoms with van der Waals surface area (Å²) in [7, 11) is -2.22. The summed E-state index contributed by atoms with van der Waals surface area (Å²) in [6.07, 6.45) is 3.22. The van der Waals surface area contributed by atoms with Crippen molar-refractivity contribution in [2.75, 3.05) is 19.3 Å². The number of halogens is 2. The Morgan fingerprint density at radius 1 is 1.47 bits per heavy atom. The molecular formula is C12H16ClFN2O2S. The van der Waals surface area contributed by atoms with E-state index in [0.29, 0.717) is 12.5 Å². The maximum absolute atomic E-state index is 13.2. The molecule has 0 spiro atoms.